The molecule has 1 N–H and O–H groups in total. The van der Waals surface area contributed by atoms with Crippen LogP contribution in [0.4, 0.5) is 0 Å². The first-order chi connectivity index (χ1) is 20.0. The molecule has 5 rings (SSSR count). The predicted molar refractivity (Wildman–Crippen MR) is 162 cm³/mol. The summed E-state index contributed by atoms with van der Waals surface area (Å²) in [4.78, 5) is 11.2. The summed E-state index contributed by atoms with van der Waals surface area (Å²) in [7, 11) is 1.41. The lowest BCUT2D eigenvalue weighted by Gasteiger charge is -2.22. The molecule has 0 amide bonds. The van der Waals surface area contributed by atoms with Crippen LogP contribution < -0.4 is 4.74 Å². The number of fused-ring (bicyclic) bond motifs is 2. The summed E-state index contributed by atoms with van der Waals surface area (Å²) in [5, 5.41) is 9.22. The number of carbonyl (C=O) groups is 1. The molecule has 0 radical (unpaired) electrons. The Hall–Kier alpha value is -4.19. The number of methoxy groups -OCH3 is 1. The lowest BCUT2D eigenvalue weighted by Crippen LogP contribution is -2.24. The number of carboxylic acids is 1. The number of carboxylic acid groups (broad SMARTS) is 1. The zero-order valence-electron chi connectivity index (χ0n) is 23.6. The predicted octanol–water partition coefficient (Wildman–Crippen LogP) is 7.15. The van der Waals surface area contributed by atoms with Crippen molar-refractivity contribution < 1.29 is 24.1 Å². The molecule has 4 aromatic carbocycles. The molecule has 1 aliphatic rings. The van der Waals surface area contributed by atoms with Gasteiger partial charge in [0.25, 0.3) is 0 Å². The summed E-state index contributed by atoms with van der Waals surface area (Å²) < 4.78 is 17.6. The van der Waals surface area contributed by atoms with Crippen LogP contribution in [0.15, 0.2) is 91.0 Å². The molecule has 5 nitrogen and oxygen atoms in total. The highest BCUT2D eigenvalue weighted by Gasteiger charge is 2.23. The molecule has 0 saturated carbocycles. The number of aliphatic carboxylic acids is 1. The molecule has 0 aliphatic heterocycles. The molecule has 0 saturated heterocycles. The van der Waals surface area contributed by atoms with Crippen molar-refractivity contribution in [3.05, 3.63) is 136 Å². The molecule has 0 spiro atoms. The van der Waals surface area contributed by atoms with Gasteiger partial charge in [-0.2, -0.15) is 0 Å². The smallest absolute Gasteiger partial charge is 0.333 e. The summed E-state index contributed by atoms with van der Waals surface area (Å²) >= 11 is 0. The van der Waals surface area contributed by atoms with Crippen molar-refractivity contribution in [2.75, 3.05) is 20.3 Å². The SMILES string of the molecule is CCc1ccc2c(c1)C=Cc1ccc(Cc3ccccc3)cc1C2OCCOc1ccc(CC(OC)C(=O)O)cc1. The Kier molecular flexibility index (Phi) is 9.29. The van der Waals surface area contributed by atoms with Crippen LogP contribution in [0, 0.1) is 0 Å². The fourth-order valence-electron chi connectivity index (χ4n) is 5.23. The molecule has 41 heavy (non-hydrogen) atoms. The van der Waals surface area contributed by atoms with E-state index >= 15 is 0 Å². The Morgan fingerprint density at radius 2 is 1.51 bits per heavy atom. The molecule has 2 unspecified atom stereocenters. The molecule has 0 bridgehead atoms. The minimum absolute atomic E-state index is 0.218. The topological polar surface area (TPSA) is 65.0 Å². The third-order valence-electron chi connectivity index (χ3n) is 7.51. The average molecular weight is 549 g/mol. The molecule has 4 aromatic rings. The zero-order chi connectivity index (χ0) is 28.6. The third-order valence-corrected chi connectivity index (χ3v) is 7.51. The normalized spacial score (nSPS) is 14.5. The minimum atomic E-state index is -0.972. The largest absolute Gasteiger partial charge is 0.491 e. The standard InChI is InChI=1S/C36H36O5/c1-3-25-12-18-32-30(22-25)15-14-29-13-9-28(21-26-7-5-4-6-8-26)23-33(29)35(32)41-20-19-40-31-16-10-27(11-17-31)24-34(39-2)36(37)38/h4-18,22-23,34-35H,3,19-21,24H2,1-2H3,(H,37,38). The summed E-state index contributed by atoms with van der Waals surface area (Å²) in [6.07, 6.45) is 5.46. The second-order valence-corrected chi connectivity index (χ2v) is 10.3. The minimum Gasteiger partial charge on any atom is -0.491 e. The quantitative estimate of drug-likeness (QED) is 0.191. The van der Waals surface area contributed by atoms with Crippen LogP contribution in [0.1, 0.15) is 57.5 Å². The second kappa shape index (κ2) is 13.4. The van der Waals surface area contributed by atoms with Gasteiger partial charge in [-0.15, -0.1) is 0 Å². The molecule has 2 atom stereocenters. The maximum absolute atomic E-state index is 11.2. The van der Waals surface area contributed by atoms with Crippen molar-refractivity contribution in [2.45, 2.75) is 38.4 Å². The fraction of sp³-hybridized carbons (Fsp3) is 0.250. The van der Waals surface area contributed by atoms with Gasteiger partial charge in [0.2, 0.25) is 0 Å². The van der Waals surface area contributed by atoms with Gasteiger partial charge in [0.1, 0.15) is 18.5 Å². The summed E-state index contributed by atoms with van der Waals surface area (Å²) in [6.45, 7) is 2.97. The monoisotopic (exact) mass is 548 g/mol. The van der Waals surface area contributed by atoms with Crippen molar-refractivity contribution in [1.82, 2.24) is 0 Å². The Labute approximate surface area is 242 Å². The van der Waals surface area contributed by atoms with Gasteiger partial charge >= 0.3 is 5.97 Å². The van der Waals surface area contributed by atoms with Gasteiger partial charge in [-0.3, -0.25) is 0 Å². The van der Waals surface area contributed by atoms with Crippen LogP contribution in [-0.2, 0) is 33.5 Å². The van der Waals surface area contributed by atoms with E-state index < -0.39 is 12.1 Å². The van der Waals surface area contributed by atoms with Crippen LogP contribution in [0.2, 0.25) is 0 Å². The van der Waals surface area contributed by atoms with Gasteiger partial charge in [0, 0.05) is 13.5 Å². The molecule has 0 heterocycles. The van der Waals surface area contributed by atoms with E-state index in [9.17, 15) is 9.90 Å². The zero-order valence-corrected chi connectivity index (χ0v) is 23.6. The number of aryl methyl sites for hydroxylation is 1. The van der Waals surface area contributed by atoms with Gasteiger partial charge in [0.15, 0.2) is 6.10 Å². The van der Waals surface area contributed by atoms with Gasteiger partial charge in [-0.1, -0.05) is 97.9 Å². The average Bonchev–Trinajstić information content (AvgIpc) is 3.15. The highest BCUT2D eigenvalue weighted by molar-refractivity contribution is 5.76. The fourth-order valence-corrected chi connectivity index (χ4v) is 5.23. The van der Waals surface area contributed by atoms with E-state index in [2.05, 4.69) is 79.7 Å². The van der Waals surface area contributed by atoms with Crippen molar-refractivity contribution in [3.8, 4) is 5.75 Å². The van der Waals surface area contributed by atoms with E-state index in [-0.39, 0.29) is 6.10 Å². The van der Waals surface area contributed by atoms with Crippen molar-refractivity contribution in [3.63, 3.8) is 0 Å². The van der Waals surface area contributed by atoms with Gasteiger partial charge < -0.3 is 19.3 Å². The molecule has 0 aromatic heterocycles. The van der Waals surface area contributed by atoms with Gasteiger partial charge in [-0.05, 0) is 69.5 Å². The van der Waals surface area contributed by atoms with E-state index in [1.54, 1.807) is 0 Å². The van der Waals surface area contributed by atoms with E-state index in [0.29, 0.717) is 25.4 Å². The lowest BCUT2D eigenvalue weighted by molar-refractivity contribution is -0.148. The first kappa shape index (κ1) is 28.3. The molecule has 1 aliphatic carbocycles. The lowest BCUT2D eigenvalue weighted by atomic mass is 9.92. The van der Waals surface area contributed by atoms with Crippen LogP contribution in [0.3, 0.4) is 0 Å². The summed E-state index contributed by atoms with van der Waals surface area (Å²) in [6, 6.07) is 31.3. The number of hydrogen-bond acceptors (Lipinski definition) is 4. The maximum atomic E-state index is 11.2. The van der Waals surface area contributed by atoms with Crippen molar-refractivity contribution in [1.29, 1.82) is 0 Å². The second-order valence-electron chi connectivity index (χ2n) is 10.3. The summed E-state index contributed by atoms with van der Waals surface area (Å²) in [5.41, 5.74) is 9.37. The van der Waals surface area contributed by atoms with Crippen LogP contribution in [-0.4, -0.2) is 37.5 Å². The first-order valence-electron chi connectivity index (χ1n) is 14.1. The number of rotatable bonds is 12. The first-order valence-corrected chi connectivity index (χ1v) is 14.1. The third kappa shape index (κ3) is 7.12. The van der Waals surface area contributed by atoms with Crippen LogP contribution in [0.5, 0.6) is 5.75 Å². The van der Waals surface area contributed by atoms with E-state index in [0.717, 1.165) is 35.1 Å². The van der Waals surface area contributed by atoms with E-state index in [4.69, 9.17) is 14.2 Å². The van der Waals surface area contributed by atoms with Crippen molar-refractivity contribution in [2.24, 2.45) is 0 Å². The number of benzene rings is 4. The maximum Gasteiger partial charge on any atom is 0.333 e. The Balaban J connectivity index is 1.31. The van der Waals surface area contributed by atoms with Crippen LogP contribution >= 0.6 is 0 Å². The molecular weight excluding hydrogens is 512 g/mol. The Bertz CT molecular complexity index is 1490. The molecule has 0 fully saturated rings. The Morgan fingerprint density at radius 1 is 0.780 bits per heavy atom. The van der Waals surface area contributed by atoms with Crippen molar-refractivity contribution >= 4 is 18.1 Å². The van der Waals surface area contributed by atoms with Gasteiger partial charge in [0.05, 0.1) is 6.61 Å². The highest BCUT2D eigenvalue weighted by atomic mass is 16.5. The molecular formula is C36H36O5. The van der Waals surface area contributed by atoms with E-state index in [1.807, 2.05) is 30.3 Å². The van der Waals surface area contributed by atoms with E-state index in [1.165, 1.54) is 29.4 Å². The molecule has 5 heteroatoms. The summed E-state index contributed by atoms with van der Waals surface area (Å²) in [5.74, 6) is -0.261. The number of hydrogen-bond donors (Lipinski definition) is 1. The molecule has 210 valence electrons. The van der Waals surface area contributed by atoms with Crippen LogP contribution in [0.25, 0.3) is 12.2 Å². The number of ether oxygens (including phenoxy) is 3. The van der Waals surface area contributed by atoms with Gasteiger partial charge in [-0.25, -0.2) is 4.79 Å². The highest BCUT2D eigenvalue weighted by Crippen LogP contribution is 2.37. The Morgan fingerprint density at radius 3 is 2.24 bits per heavy atom.